The van der Waals surface area contributed by atoms with Crippen LogP contribution < -0.4 is 0 Å². The molecule has 1 atom stereocenters. The summed E-state index contributed by atoms with van der Waals surface area (Å²) < 4.78 is 13.0. The van der Waals surface area contributed by atoms with Gasteiger partial charge in [-0.2, -0.15) is 0 Å². The Morgan fingerprint density at radius 3 is 1.92 bits per heavy atom. The average molecular weight is 340 g/mol. The smallest absolute Gasteiger partial charge is 0.336 e. The van der Waals surface area contributed by atoms with Crippen LogP contribution in [-0.4, -0.2) is 26.4 Å². The molecule has 0 amide bonds. The summed E-state index contributed by atoms with van der Waals surface area (Å²) in [5.41, 5.74) is -0.0371. The molecule has 3 aromatic rings. The van der Waals surface area contributed by atoms with E-state index in [1.54, 1.807) is 42.5 Å². The molecule has 120 valence electrons. The van der Waals surface area contributed by atoms with E-state index in [1.165, 1.54) is 18.2 Å². The molecule has 2 N–H and O–H groups in total. The zero-order valence-corrected chi connectivity index (χ0v) is 13.1. The maximum Gasteiger partial charge on any atom is 0.336 e. The van der Waals surface area contributed by atoms with Gasteiger partial charge in [-0.25, -0.2) is 13.8 Å². The Hall–Kier alpha value is -2.99. The highest BCUT2D eigenvalue weighted by Gasteiger charge is 2.20. The van der Waals surface area contributed by atoms with Crippen LogP contribution in [0.1, 0.15) is 20.7 Å². The van der Waals surface area contributed by atoms with Crippen molar-refractivity contribution >= 4 is 33.5 Å². The Morgan fingerprint density at radius 1 is 0.708 bits per heavy atom. The van der Waals surface area contributed by atoms with Gasteiger partial charge in [0.1, 0.15) is 0 Å². The van der Waals surface area contributed by atoms with Gasteiger partial charge in [-0.05, 0) is 29.7 Å². The second-order valence-electron chi connectivity index (χ2n) is 5.04. The summed E-state index contributed by atoms with van der Waals surface area (Å²) in [4.78, 5) is 23.3. The number of carbonyl (C=O) groups is 2. The number of aromatic carboxylic acids is 2. The number of hydrogen-bond donors (Lipinski definition) is 2. The van der Waals surface area contributed by atoms with Gasteiger partial charge in [-0.15, -0.1) is 0 Å². The van der Waals surface area contributed by atoms with Crippen molar-refractivity contribution in [2.24, 2.45) is 0 Å². The third kappa shape index (κ3) is 2.68. The van der Waals surface area contributed by atoms with Gasteiger partial charge < -0.3 is 10.2 Å². The molecule has 1 unspecified atom stereocenters. The normalized spacial score (nSPS) is 12.0. The van der Waals surface area contributed by atoms with Crippen LogP contribution in [0.2, 0.25) is 0 Å². The van der Waals surface area contributed by atoms with Crippen molar-refractivity contribution in [1.82, 2.24) is 0 Å². The molecule has 6 heteroatoms. The quantitative estimate of drug-likeness (QED) is 0.759. The molecule has 3 aromatic carbocycles. The van der Waals surface area contributed by atoms with E-state index in [2.05, 4.69) is 0 Å². The fourth-order valence-electron chi connectivity index (χ4n) is 2.56. The molecule has 0 saturated heterocycles. The van der Waals surface area contributed by atoms with Crippen LogP contribution in [0.4, 0.5) is 0 Å². The monoisotopic (exact) mass is 340 g/mol. The van der Waals surface area contributed by atoms with Gasteiger partial charge in [-0.3, -0.25) is 0 Å². The Labute approximate surface area is 139 Å². The molecule has 0 aliphatic carbocycles. The van der Waals surface area contributed by atoms with Gasteiger partial charge in [0.2, 0.25) is 0 Å². The highest BCUT2D eigenvalue weighted by atomic mass is 32.2. The second-order valence-corrected chi connectivity index (χ2v) is 6.45. The Bertz CT molecular complexity index is 988. The van der Waals surface area contributed by atoms with Crippen molar-refractivity contribution in [2.45, 2.75) is 9.79 Å². The van der Waals surface area contributed by atoms with Crippen molar-refractivity contribution in [3.63, 3.8) is 0 Å². The molecule has 0 aliphatic rings. The van der Waals surface area contributed by atoms with Crippen LogP contribution in [0.15, 0.2) is 70.5 Å². The first-order valence-electron chi connectivity index (χ1n) is 7.00. The molecule has 0 heterocycles. The van der Waals surface area contributed by atoms with Crippen LogP contribution >= 0.6 is 0 Å². The predicted molar refractivity (Wildman–Crippen MR) is 89.0 cm³/mol. The molecule has 0 radical (unpaired) electrons. The van der Waals surface area contributed by atoms with Gasteiger partial charge in [0.05, 0.1) is 31.7 Å². The van der Waals surface area contributed by atoms with Gasteiger partial charge in [-0.1, -0.05) is 36.4 Å². The third-order valence-corrected chi connectivity index (χ3v) is 5.11. The minimum atomic E-state index is -1.82. The zero-order valence-electron chi connectivity index (χ0n) is 12.3. The first-order valence-corrected chi connectivity index (χ1v) is 8.15. The molecular formula is C18H12O5S. The van der Waals surface area contributed by atoms with Gasteiger partial charge in [0, 0.05) is 5.39 Å². The number of fused-ring (bicyclic) bond motifs is 1. The Morgan fingerprint density at radius 2 is 1.25 bits per heavy atom. The van der Waals surface area contributed by atoms with Crippen LogP contribution in [0.25, 0.3) is 10.8 Å². The molecule has 3 rings (SSSR count). The Kier molecular flexibility index (Phi) is 4.14. The predicted octanol–water partition coefficient (Wildman–Crippen LogP) is 3.40. The molecule has 5 nitrogen and oxygen atoms in total. The van der Waals surface area contributed by atoms with E-state index in [1.807, 2.05) is 0 Å². The first-order chi connectivity index (χ1) is 11.5. The molecule has 24 heavy (non-hydrogen) atoms. The van der Waals surface area contributed by atoms with E-state index in [4.69, 9.17) is 0 Å². The molecule has 0 saturated carbocycles. The van der Waals surface area contributed by atoms with E-state index < -0.39 is 22.7 Å². The third-order valence-electron chi connectivity index (χ3n) is 3.61. The highest BCUT2D eigenvalue weighted by Crippen LogP contribution is 2.29. The molecule has 0 bridgehead atoms. The van der Waals surface area contributed by atoms with Gasteiger partial charge in [0.15, 0.2) is 0 Å². The molecule has 0 aliphatic heterocycles. The van der Waals surface area contributed by atoms with Crippen molar-refractivity contribution in [2.75, 3.05) is 0 Å². The van der Waals surface area contributed by atoms with E-state index >= 15 is 0 Å². The number of benzene rings is 3. The van der Waals surface area contributed by atoms with Crippen LogP contribution in [0, 0.1) is 0 Å². The topological polar surface area (TPSA) is 91.7 Å². The van der Waals surface area contributed by atoms with E-state index in [9.17, 15) is 24.0 Å². The minimum Gasteiger partial charge on any atom is -0.478 e. The van der Waals surface area contributed by atoms with Crippen LogP contribution in [0.5, 0.6) is 0 Å². The lowest BCUT2D eigenvalue weighted by Crippen LogP contribution is -2.06. The van der Waals surface area contributed by atoms with Crippen LogP contribution in [-0.2, 0) is 10.8 Å². The van der Waals surface area contributed by atoms with Crippen molar-refractivity contribution in [3.8, 4) is 0 Å². The SMILES string of the molecule is O=C(O)c1ccccc1S(=O)c1cccc2cccc(C(=O)O)c12. The molecule has 0 aromatic heterocycles. The summed E-state index contributed by atoms with van der Waals surface area (Å²) in [5, 5.41) is 19.7. The zero-order chi connectivity index (χ0) is 17.3. The van der Waals surface area contributed by atoms with Crippen molar-refractivity contribution in [1.29, 1.82) is 0 Å². The summed E-state index contributed by atoms with van der Waals surface area (Å²) >= 11 is 0. The summed E-state index contributed by atoms with van der Waals surface area (Å²) in [6.07, 6.45) is 0. The lowest BCUT2D eigenvalue weighted by atomic mass is 10.0. The lowest BCUT2D eigenvalue weighted by molar-refractivity contribution is 0.0684. The van der Waals surface area contributed by atoms with Gasteiger partial charge >= 0.3 is 11.9 Å². The maximum absolute atomic E-state index is 13.0. The number of carboxylic acids is 2. The lowest BCUT2D eigenvalue weighted by Gasteiger charge is -2.11. The summed E-state index contributed by atoms with van der Waals surface area (Å²) in [6, 6.07) is 15.7. The number of rotatable bonds is 4. The van der Waals surface area contributed by atoms with Crippen LogP contribution in [0.3, 0.4) is 0 Å². The average Bonchev–Trinajstić information content (AvgIpc) is 2.59. The number of carboxylic acid groups (broad SMARTS) is 2. The summed E-state index contributed by atoms with van der Waals surface area (Å²) in [5.74, 6) is -2.31. The fraction of sp³-hybridized carbons (Fsp3) is 0. The standard InChI is InChI=1S/C18H12O5S/c19-17(20)12-7-1-2-9-14(12)24(23)15-10-4-6-11-5-3-8-13(16(11)15)18(21)22/h1-10H,(H,19,20)(H,21,22). The maximum atomic E-state index is 13.0. The molecular weight excluding hydrogens is 328 g/mol. The molecule has 0 spiro atoms. The summed E-state index contributed by atoms with van der Waals surface area (Å²) in [7, 11) is -1.82. The van der Waals surface area contributed by atoms with E-state index in [-0.39, 0.29) is 20.9 Å². The fourth-order valence-corrected chi connectivity index (χ4v) is 3.97. The largest absolute Gasteiger partial charge is 0.478 e. The summed E-state index contributed by atoms with van der Waals surface area (Å²) in [6.45, 7) is 0. The Balaban J connectivity index is 2.29. The van der Waals surface area contributed by atoms with Gasteiger partial charge in [0.25, 0.3) is 0 Å². The molecule has 0 fully saturated rings. The van der Waals surface area contributed by atoms with E-state index in [0.717, 1.165) is 0 Å². The second kappa shape index (κ2) is 6.25. The van der Waals surface area contributed by atoms with E-state index in [0.29, 0.717) is 10.8 Å². The highest BCUT2D eigenvalue weighted by molar-refractivity contribution is 7.85. The van der Waals surface area contributed by atoms with Crippen molar-refractivity contribution < 1.29 is 24.0 Å². The number of hydrogen-bond acceptors (Lipinski definition) is 3. The first kappa shape index (κ1) is 15.9. The van der Waals surface area contributed by atoms with Crippen molar-refractivity contribution in [3.05, 3.63) is 71.8 Å². The minimum absolute atomic E-state index is 0.0317.